The lowest BCUT2D eigenvalue weighted by atomic mass is 9.92. The van der Waals surface area contributed by atoms with Gasteiger partial charge in [-0.15, -0.1) is 0 Å². The standard InChI is InChI=1S/C26H23NO2/c1-17-23-21-11-7-8-12-22(21)29-26(19-9-5-4-6-10-19)25(23)27(2)24(17)18-13-15-20(28-3)16-14-18/h4-16,26H,1-3H3/t26-/m1/s1. The fraction of sp³-hybridized carbons (Fsp3) is 0.154. The predicted molar refractivity (Wildman–Crippen MR) is 116 cm³/mol. The van der Waals surface area contributed by atoms with Crippen molar-refractivity contribution in [2.24, 2.45) is 7.05 Å². The van der Waals surface area contributed by atoms with Crippen molar-refractivity contribution in [1.29, 1.82) is 0 Å². The van der Waals surface area contributed by atoms with Crippen molar-refractivity contribution >= 4 is 0 Å². The molecule has 144 valence electrons. The van der Waals surface area contributed by atoms with Crippen molar-refractivity contribution in [1.82, 2.24) is 4.57 Å². The highest BCUT2D eigenvalue weighted by atomic mass is 16.5. The molecule has 0 aliphatic carbocycles. The summed E-state index contributed by atoms with van der Waals surface area (Å²) in [5.41, 5.74) is 8.42. The molecule has 3 heteroatoms. The molecule has 1 atom stereocenters. The van der Waals surface area contributed by atoms with Gasteiger partial charge in [-0.3, -0.25) is 0 Å². The average molecular weight is 381 g/mol. The van der Waals surface area contributed by atoms with E-state index in [2.05, 4.69) is 73.1 Å². The highest BCUT2D eigenvalue weighted by Crippen LogP contribution is 2.49. The molecule has 0 N–H and O–H groups in total. The van der Waals surface area contributed by atoms with Gasteiger partial charge in [0.15, 0.2) is 6.10 Å². The van der Waals surface area contributed by atoms with Crippen LogP contribution in [0.1, 0.15) is 22.9 Å². The molecule has 29 heavy (non-hydrogen) atoms. The minimum Gasteiger partial charge on any atom is -0.497 e. The molecule has 0 saturated carbocycles. The Morgan fingerprint density at radius 2 is 1.55 bits per heavy atom. The second kappa shape index (κ2) is 6.85. The van der Waals surface area contributed by atoms with Crippen LogP contribution in [-0.2, 0) is 7.05 Å². The maximum Gasteiger partial charge on any atom is 0.164 e. The van der Waals surface area contributed by atoms with Crippen LogP contribution in [-0.4, -0.2) is 11.7 Å². The predicted octanol–water partition coefficient (Wildman–Crippen LogP) is 6.16. The van der Waals surface area contributed by atoms with Crippen LogP contribution in [0.5, 0.6) is 11.5 Å². The quantitative estimate of drug-likeness (QED) is 0.424. The third-order valence-corrected chi connectivity index (χ3v) is 5.80. The highest BCUT2D eigenvalue weighted by molar-refractivity contribution is 5.85. The molecule has 4 aromatic rings. The average Bonchev–Trinajstić information content (AvgIpc) is 3.04. The summed E-state index contributed by atoms with van der Waals surface area (Å²) >= 11 is 0. The zero-order valence-electron chi connectivity index (χ0n) is 16.8. The van der Waals surface area contributed by atoms with Gasteiger partial charge in [-0.25, -0.2) is 0 Å². The van der Waals surface area contributed by atoms with E-state index in [4.69, 9.17) is 9.47 Å². The van der Waals surface area contributed by atoms with E-state index < -0.39 is 0 Å². The molecule has 2 heterocycles. The van der Waals surface area contributed by atoms with E-state index in [9.17, 15) is 0 Å². The van der Waals surface area contributed by atoms with E-state index >= 15 is 0 Å². The zero-order valence-corrected chi connectivity index (χ0v) is 16.8. The number of hydrogen-bond donors (Lipinski definition) is 0. The molecular formula is C26H23NO2. The molecule has 1 aromatic heterocycles. The van der Waals surface area contributed by atoms with Gasteiger partial charge in [-0.05, 0) is 53.9 Å². The summed E-state index contributed by atoms with van der Waals surface area (Å²) in [6.45, 7) is 2.21. The van der Waals surface area contributed by atoms with Crippen LogP contribution in [0.25, 0.3) is 22.4 Å². The van der Waals surface area contributed by atoms with Gasteiger partial charge < -0.3 is 14.0 Å². The van der Waals surface area contributed by atoms with Crippen molar-refractivity contribution in [3.8, 4) is 33.9 Å². The molecule has 0 fully saturated rings. The number of hydrogen-bond acceptors (Lipinski definition) is 2. The maximum absolute atomic E-state index is 6.53. The SMILES string of the molecule is COc1ccc(-c2c(C)c3c(n2C)[C@@H](c2ccccc2)Oc2ccccc2-3)cc1. The second-order valence-corrected chi connectivity index (χ2v) is 7.43. The summed E-state index contributed by atoms with van der Waals surface area (Å²) in [5, 5.41) is 0. The van der Waals surface area contributed by atoms with Crippen LogP contribution >= 0.6 is 0 Å². The normalized spacial score (nSPS) is 14.7. The lowest BCUT2D eigenvalue weighted by Gasteiger charge is -2.28. The number of nitrogens with zero attached hydrogens (tertiary/aromatic N) is 1. The fourth-order valence-corrected chi connectivity index (χ4v) is 4.47. The zero-order chi connectivity index (χ0) is 20.0. The third kappa shape index (κ3) is 2.73. The molecular weight excluding hydrogens is 358 g/mol. The van der Waals surface area contributed by atoms with Crippen LogP contribution in [0, 0.1) is 6.92 Å². The summed E-state index contributed by atoms with van der Waals surface area (Å²) < 4.78 is 14.2. The molecule has 3 nitrogen and oxygen atoms in total. The van der Waals surface area contributed by atoms with Gasteiger partial charge in [0.25, 0.3) is 0 Å². The summed E-state index contributed by atoms with van der Waals surface area (Å²) in [6, 6.07) is 27.1. The highest BCUT2D eigenvalue weighted by Gasteiger charge is 2.33. The number of para-hydroxylation sites is 1. The van der Waals surface area contributed by atoms with Crippen molar-refractivity contribution in [3.63, 3.8) is 0 Å². The Morgan fingerprint density at radius 3 is 2.28 bits per heavy atom. The number of benzene rings is 3. The molecule has 5 rings (SSSR count). The van der Waals surface area contributed by atoms with Gasteiger partial charge in [-0.2, -0.15) is 0 Å². The first kappa shape index (κ1) is 17.6. The monoisotopic (exact) mass is 381 g/mol. The molecule has 0 bridgehead atoms. The molecule has 0 saturated heterocycles. The van der Waals surface area contributed by atoms with E-state index in [1.165, 1.54) is 28.1 Å². The molecule has 0 unspecified atom stereocenters. The summed E-state index contributed by atoms with van der Waals surface area (Å²) in [7, 11) is 3.83. The van der Waals surface area contributed by atoms with E-state index in [-0.39, 0.29) is 6.10 Å². The van der Waals surface area contributed by atoms with Crippen LogP contribution in [0.4, 0.5) is 0 Å². The topological polar surface area (TPSA) is 23.4 Å². The number of aromatic nitrogens is 1. The molecule has 0 spiro atoms. The Kier molecular flexibility index (Phi) is 4.17. The maximum atomic E-state index is 6.53. The Bertz CT molecular complexity index is 1170. The first-order valence-electron chi connectivity index (χ1n) is 9.83. The third-order valence-electron chi connectivity index (χ3n) is 5.80. The second-order valence-electron chi connectivity index (χ2n) is 7.43. The van der Waals surface area contributed by atoms with Gasteiger partial charge in [0.1, 0.15) is 11.5 Å². The summed E-state index contributed by atoms with van der Waals surface area (Å²) in [4.78, 5) is 0. The van der Waals surface area contributed by atoms with Crippen LogP contribution in [0.15, 0.2) is 78.9 Å². The smallest absolute Gasteiger partial charge is 0.164 e. The van der Waals surface area contributed by atoms with Crippen molar-refractivity contribution < 1.29 is 9.47 Å². The van der Waals surface area contributed by atoms with Crippen LogP contribution in [0.2, 0.25) is 0 Å². The number of rotatable bonds is 3. The van der Waals surface area contributed by atoms with Gasteiger partial charge in [0.05, 0.1) is 18.5 Å². The van der Waals surface area contributed by atoms with Crippen molar-refractivity contribution in [2.45, 2.75) is 13.0 Å². The molecule has 1 aliphatic heterocycles. The van der Waals surface area contributed by atoms with Crippen molar-refractivity contribution in [2.75, 3.05) is 7.11 Å². The molecule has 0 radical (unpaired) electrons. The molecule has 1 aliphatic rings. The largest absolute Gasteiger partial charge is 0.497 e. The Balaban J connectivity index is 1.77. The Morgan fingerprint density at radius 1 is 0.862 bits per heavy atom. The molecule has 0 amide bonds. The fourth-order valence-electron chi connectivity index (χ4n) is 4.47. The Hall–Kier alpha value is -3.46. The van der Waals surface area contributed by atoms with Gasteiger partial charge in [0.2, 0.25) is 0 Å². The number of fused-ring (bicyclic) bond motifs is 3. The first-order chi connectivity index (χ1) is 14.2. The van der Waals surface area contributed by atoms with Crippen LogP contribution < -0.4 is 9.47 Å². The summed E-state index contributed by atoms with van der Waals surface area (Å²) in [6.07, 6.45) is -0.142. The number of ether oxygens (including phenoxy) is 2. The lowest BCUT2D eigenvalue weighted by molar-refractivity contribution is 0.235. The van der Waals surface area contributed by atoms with Crippen molar-refractivity contribution in [3.05, 3.63) is 95.7 Å². The van der Waals surface area contributed by atoms with E-state index in [1.54, 1.807) is 7.11 Å². The Labute approximate surface area is 171 Å². The first-order valence-corrected chi connectivity index (χ1v) is 9.83. The van der Waals surface area contributed by atoms with Gasteiger partial charge >= 0.3 is 0 Å². The van der Waals surface area contributed by atoms with Crippen LogP contribution in [0.3, 0.4) is 0 Å². The van der Waals surface area contributed by atoms with E-state index in [0.29, 0.717) is 0 Å². The summed E-state index contributed by atoms with van der Waals surface area (Å²) in [5.74, 6) is 1.80. The van der Waals surface area contributed by atoms with E-state index in [1.807, 2.05) is 24.3 Å². The van der Waals surface area contributed by atoms with E-state index in [0.717, 1.165) is 22.6 Å². The minimum absolute atomic E-state index is 0.142. The molecule has 3 aromatic carbocycles. The van der Waals surface area contributed by atoms with Gasteiger partial charge in [0, 0.05) is 18.2 Å². The van der Waals surface area contributed by atoms with Gasteiger partial charge in [-0.1, -0.05) is 48.5 Å². The minimum atomic E-state index is -0.142. The lowest BCUT2D eigenvalue weighted by Crippen LogP contribution is -2.18. The number of methoxy groups -OCH3 is 1.